The summed E-state index contributed by atoms with van der Waals surface area (Å²) in [7, 11) is 1.97. The molecule has 1 fully saturated rings. The number of anilines is 1. The Morgan fingerprint density at radius 3 is 3.00 bits per heavy atom. The number of hydrogen-bond donors (Lipinski definition) is 1. The van der Waals surface area contributed by atoms with E-state index in [1.165, 1.54) is 19.3 Å². The maximum Gasteiger partial charge on any atom is 0.225 e. The van der Waals surface area contributed by atoms with Crippen LogP contribution in [0.3, 0.4) is 0 Å². The maximum absolute atomic E-state index is 5.11. The summed E-state index contributed by atoms with van der Waals surface area (Å²) in [6, 6.07) is 0. The van der Waals surface area contributed by atoms with E-state index in [1.54, 1.807) is 0 Å². The molecule has 1 aromatic rings. The molecule has 2 heterocycles. The quantitative estimate of drug-likeness (QED) is 0.802. The van der Waals surface area contributed by atoms with Crippen LogP contribution < -0.4 is 4.90 Å². The third-order valence-corrected chi connectivity index (χ3v) is 3.49. The molecule has 2 rings (SSSR count). The number of nitrogens with one attached hydrogen (secondary N) is 1. The SMILES string of the molecule is CCCC1CCN(c2n[nH]c(=S)n2C)C1. The molecule has 1 aliphatic rings. The van der Waals surface area contributed by atoms with Crippen molar-refractivity contribution in [3.63, 3.8) is 0 Å². The molecule has 1 unspecified atom stereocenters. The molecule has 0 spiro atoms. The predicted molar refractivity (Wildman–Crippen MR) is 63.6 cm³/mol. The standard InChI is InChI=1S/C10H18N4S/c1-3-4-8-5-6-14(7-8)9-11-12-10(15)13(9)2/h8H,3-7H2,1-2H3,(H,12,15). The topological polar surface area (TPSA) is 36.9 Å². The van der Waals surface area contributed by atoms with E-state index in [9.17, 15) is 0 Å². The minimum Gasteiger partial charge on any atom is -0.341 e. The summed E-state index contributed by atoms with van der Waals surface area (Å²) in [6.45, 7) is 4.48. The average molecular weight is 226 g/mol. The lowest BCUT2D eigenvalue weighted by Crippen LogP contribution is -2.22. The molecule has 0 aliphatic carbocycles. The highest BCUT2D eigenvalue weighted by atomic mass is 32.1. The number of aromatic amines is 1. The molecule has 1 N–H and O–H groups in total. The van der Waals surface area contributed by atoms with Crippen molar-refractivity contribution in [1.82, 2.24) is 14.8 Å². The van der Waals surface area contributed by atoms with Gasteiger partial charge in [0.05, 0.1) is 0 Å². The third-order valence-electron chi connectivity index (χ3n) is 3.12. The molecule has 0 aromatic carbocycles. The lowest BCUT2D eigenvalue weighted by atomic mass is 10.0. The highest BCUT2D eigenvalue weighted by molar-refractivity contribution is 7.71. The molecule has 0 radical (unpaired) electrons. The van der Waals surface area contributed by atoms with Crippen LogP contribution in [0.5, 0.6) is 0 Å². The zero-order valence-corrected chi connectivity index (χ0v) is 10.2. The van der Waals surface area contributed by atoms with Gasteiger partial charge in [-0.15, -0.1) is 5.10 Å². The molecule has 0 amide bonds. The molecule has 1 aliphatic heterocycles. The molecule has 15 heavy (non-hydrogen) atoms. The minimum atomic E-state index is 0.698. The van der Waals surface area contributed by atoms with E-state index in [0.717, 1.165) is 25.0 Å². The van der Waals surface area contributed by atoms with Crippen molar-refractivity contribution in [2.24, 2.45) is 13.0 Å². The molecule has 84 valence electrons. The normalized spacial score (nSPS) is 21.2. The Labute approximate surface area is 95.3 Å². The van der Waals surface area contributed by atoms with Crippen molar-refractivity contribution in [2.45, 2.75) is 26.2 Å². The average Bonchev–Trinajstić information content (AvgIpc) is 2.77. The molecule has 1 saturated heterocycles. The molecule has 0 saturated carbocycles. The summed E-state index contributed by atoms with van der Waals surface area (Å²) in [6.07, 6.45) is 3.89. The Kier molecular flexibility index (Phi) is 3.09. The van der Waals surface area contributed by atoms with Crippen LogP contribution in [-0.2, 0) is 7.05 Å². The summed E-state index contributed by atoms with van der Waals surface area (Å²) < 4.78 is 2.65. The molecular formula is C10H18N4S. The minimum absolute atomic E-state index is 0.698. The highest BCUT2D eigenvalue weighted by Crippen LogP contribution is 2.24. The van der Waals surface area contributed by atoms with E-state index >= 15 is 0 Å². The van der Waals surface area contributed by atoms with E-state index < -0.39 is 0 Å². The van der Waals surface area contributed by atoms with Crippen molar-refractivity contribution >= 4 is 18.2 Å². The molecule has 4 nitrogen and oxygen atoms in total. The Bertz CT molecular complexity index is 381. The molecule has 1 aromatic heterocycles. The van der Waals surface area contributed by atoms with Gasteiger partial charge in [0.2, 0.25) is 5.95 Å². The van der Waals surface area contributed by atoms with Crippen molar-refractivity contribution < 1.29 is 0 Å². The van der Waals surface area contributed by atoms with Crippen molar-refractivity contribution in [3.8, 4) is 0 Å². The fraction of sp³-hybridized carbons (Fsp3) is 0.800. The highest BCUT2D eigenvalue weighted by Gasteiger charge is 2.24. The van der Waals surface area contributed by atoms with Gasteiger partial charge in [0.1, 0.15) is 0 Å². The fourth-order valence-corrected chi connectivity index (χ4v) is 2.41. The number of H-pyrrole nitrogens is 1. The summed E-state index contributed by atoms with van der Waals surface area (Å²) in [5.74, 6) is 1.82. The second-order valence-electron chi connectivity index (χ2n) is 4.28. The first-order valence-corrected chi connectivity index (χ1v) is 5.99. The van der Waals surface area contributed by atoms with Gasteiger partial charge in [-0.3, -0.25) is 4.57 Å². The summed E-state index contributed by atoms with van der Waals surface area (Å²) in [5, 5.41) is 7.10. The van der Waals surface area contributed by atoms with Crippen molar-refractivity contribution in [1.29, 1.82) is 0 Å². The second-order valence-corrected chi connectivity index (χ2v) is 4.66. The van der Waals surface area contributed by atoms with Gasteiger partial charge in [-0.25, -0.2) is 5.10 Å². The van der Waals surface area contributed by atoms with Gasteiger partial charge in [0.25, 0.3) is 0 Å². The van der Waals surface area contributed by atoms with E-state index in [1.807, 2.05) is 11.6 Å². The molecule has 0 bridgehead atoms. The largest absolute Gasteiger partial charge is 0.341 e. The number of hydrogen-bond acceptors (Lipinski definition) is 3. The van der Waals surface area contributed by atoms with Crippen LogP contribution in [-0.4, -0.2) is 27.9 Å². The Hall–Kier alpha value is -0.840. The van der Waals surface area contributed by atoms with E-state index in [0.29, 0.717) is 4.77 Å². The molecule has 1 atom stereocenters. The lowest BCUT2D eigenvalue weighted by molar-refractivity contribution is 0.529. The van der Waals surface area contributed by atoms with E-state index in [2.05, 4.69) is 22.0 Å². The molecular weight excluding hydrogens is 208 g/mol. The third kappa shape index (κ3) is 2.07. The van der Waals surface area contributed by atoms with Crippen LogP contribution in [0.15, 0.2) is 0 Å². The van der Waals surface area contributed by atoms with Gasteiger partial charge < -0.3 is 4.90 Å². The Morgan fingerprint density at radius 2 is 2.40 bits per heavy atom. The van der Waals surface area contributed by atoms with Crippen molar-refractivity contribution in [3.05, 3.63) is 4.77 Å². The van der Waals surface area contributed by atoms with E-state index in [-0.39, 0.29) is 0 Å². The van der Waals surface area contributed by atoms with Gasteiger partial charge >= 0.3 is 0 Å². The lowest BCUT2D eigenvalue weighted by Gasteiger charge is -2.16. The van der Waals surface area contributed by atoms with Gasteiger partial charge in [-0.2, -0.15) is 0 Å². The number of rotatable bonds is 3. The maximum atomic E-state index is 5.11. The van der Waals surface area contributed by atoms with E-state index in [4.69, 9.17) is 12.2 Å². The van der Waals surface area contributed by atoms with Crippen LogP contribution in [0.25, 0.3) is 0 Å². The number of aromatic nitrogens is 3. The Balaban J connectivity index is 2.08. The van der Waals surface area contributed by atoms with Crippen LogP contribution >= 0.6 is 12.2 Å². The summed E-state index contributed by atoms with van der Waals surface area (Å²) in [4.78, 5) is 2.33. The smallest absolute Gasteiger partial charge is 0.225 e. The van der Waals surface area contributed by atoms with Gasteiger partial charge in [-0.05, 0) is 31.0 Å². The number of nitrogens with zero attached hydrogens (tertiary/aromatic N) is 3. The van der Waals surface area contributed by atoms with Gasteiger partial charge in [0.15, 0.2) is 4.77 Å². The summed E-state index contributed by atoms with van der Waals surface area (Å²) >= 11 is 5.11. The molecule has 5 heteroatoms. The first kappa shape index (κ1) is 10.7. The van der Waals surface area contributed by atoms with Crippen LogP contribution in [0.2, 0.25) is 0 Å². The van der Waals surface area contributed by atoms with Crippen LogP contribution in [0, 0.1) is 10.7 Å². The first-order valence-electron chi connectivity index (χ1n) is 5.58. The predicted octanol–water partition coefficient (Wildman–Crippen LogP) is 2.10. The zero-order chi connectivity index (χ0) is 10.8. The van der Waals surface area contributed by atoms with Crippen molar-refractivity contribution in [2.75, 3.05) is 18.0 Å². The van der Waals surface area contributed by atoms with Crippen LogP contribution in [0.4, 0.5) is 5.95 Å². The Morgan fingerprint density at radius 1 is 1.60 bits per heavy atom. The summed E-state index contributed by atoms with van der Waals surface area (Å²) in [5.41, 5.74) is 0. The fourth-order valence-electron chi connectivity index (χ4n) is 2.28. The van der Waals surface area contributed by atoms with Crippen LogP contribution in [0.1, 0.15) is 26.2 Å². The first-order chi connectivity index (χ1) is 7.22. The zero-order valence-electron chi connectivity index (χ0n) is 9.36. The monoisotopic (exact) mass is 226 g/mol. The second kappa shape index (κ2) is 4.35. The van der Waals surface area contributed by atoms with Gasteiger partial charge in [0, 0.05) is 20.1 Å². The van der Waals surface area contributed by atoms with Gasteiger partial charge in [-0.1, -0.05) is 13.3 Å².